The highest BCUT2D eigenvalue weighted by molar-refractivity contribution is 7.99. The smallest absolute Gasteiger partial charge is 0.147 e. The fourth-order valence-corrected chi connectivity index (χ4v) is 1.65. The molecule has 0 saturated carbocycles. The van der Waals surface area contributed by atoms with E-state index in [1.807, 2.05) is 13.8 Å². The Labute approximate surface area is 82.5 Å². The van der Waals surface area contributed by atoms with E-state index in [1.165, 1.54) is 0 Å². The second-order valence-electron chi connectivity index (χ2n) is 2.29. The molecule has 5 heteroatoms. The van der Waals surface area contributed by atoms with Crippen LogP contribution < -0.4 is 5.73 Å². The largest absolute Gasteiger partial charge is 0.360 e. The van der Waals surface area contributed by atoms with E-state index >= 15 is 0 Å². The van der Waals surface area contributed by atoms with Crippen LogP contribution in [-0.2, 0) is 0 Å². The van der Waals surface area contributed by atoms with Crippen LogP contribution in [-0.4, -0.2) is 17.5 Å². The summed E-state index contributed by atoms with van der Waals surface area (Å²) in [5.74, 6) is 1.81. The number of nitrogens with zero attached hydrogens (tertiary/aromatic N) is 1. The molecule has 0 aliphatic heterocycles. The number of rotatable bonds is 3. The van der Waals surface area contributed by atoms with E-state index in [1.54, 1.807) is 11.8 Å². The van der Waals surface area contributed by atoms with Gasteiger partial charge in [0.1, 0.15) is 5.76 Å². The van der Waals surface area contributed by atoms with Crippen LogP contribution in [0.3, 0.4) is 0 Å². The van der Waals surface area contributed by atoms with E-state index in [4.69, 9.17) is 10.3 Å². The molecule has 0 amide bonds. The molecule has 0 aliphatic carbocycles. The second kappa shape index (κ2) is 5.45. The maximum Gasteiger partial charge on any atom is 0.147 e. The quantitative estimate of drug-likeness (QED) is 0.770. The lowest BCUT2D eigenvalue weighted by Crippen LogP contribution is -2.01. The third-order valence-corrected chi connectivity index (χ3v) is 2.64. The van der Waals surface area contributed by atoms with Crippen molar-refractivity contribution in [3.05, 3.63) is 11.5 Å². The summed E-state index contributed by atoms with van der Waals surface area (Å²) in [7, 11) is 0. The lowest BCUT2D eigenvalue weighted by atomic mass is 10.4. The predicted octanol–water partition coefficient (Wildman–Crippen LogP) is 1.76. The van der Waals surface area contributed by atoms with Gasteiger partial charge in [0.05, 0.1) is 10.6 Å². The first-order valence-electron chi connectivity index (χ1n) is 3.51. The maximum atomic E-state index is 5.37. The molecule has 2 N–H and O–H groups in total. The molecule has 3 nitrogen and oxygen atoms in total. The van der Waals surface area contributed by atoms with Gasteiger partial charge in [-0.3, -0.25) is 0 Å². The zero-order valence-corrected chi connectivity index (χ0v) is 8.80. The van der Waals surface area contributed by atoms with E-state index < -0.39 is 0 Å². The Morgan fingerprint density at radius 3 is 2.58 bits per heavy atom. The number of hydrogen-bond acceptors (Lipinski definition) is 4. The van der Waals surface area contributed by atoms with Gasteiger partial charge in [-0.25, -0.2) is 0 Å². The maximum absolute atomic E-state index is 5.37. The molecule has 0 fully saturated rings. The molecule has 0 atom stereocenters. The monoisotopic (exact) mass is 208 g/mol. The zero-order valence-electron chi connectivity index (χ0n) is 7.16. The Morgan fingerprint density at radius 1 is 1.50 bits per heavy atom. The van der Waals surface area contributed by atoms with Crippen molar-refractivity contribution in [1.82, 2.24) is 5.16 Å². The van der Waals surface area contributed by atoms with E-state index in [2.05, 4.69) is 5.16 Å². The molecule has 0 saturated heterocycles. The molecule has 0 spiro atoms. The molecule has 0 aromatic carbocycles. The second-order valence-corrected chi connectivity index (χ2v) is 3.40. The van der Waals surface area contributed by atoms with Crippen molar-refractivity contribution in [2.24, 2.45) is 5.73 Å². The summed E-state index contributed by atoms with van der Waals surface area (Å²) in [6.07, 6.45) is 0. The number of halogens is 1. The molecule has 1 rings (SSSR count). The first-order valence-corrected chi connectivity index (χ1v) is 4.50. The molecular weight excluding hydrogens is 196 g/mol. The van der Waals surface area contributed by atoms with Gasteiger partial charge in [0, 0.05) is 12.3 Å². The average molecular weight is 209 g/mol. The van der Waals surface area contributed by atoms with Gasteiger partial charge in [-0.05, 0) is 13.8 Å². The van der Waals surface area contributed by atoms with E-state index in [9.17, 15) is 0 Å². The van der Waals surface area contributed by atoms with Gasteiger partial charge in [-0.15, -0.1) is 24.2 Å². The van der Waals surface area contributed by atoms with Gasteiger partial charge in [0.25, 0.3) is 0 Å². The lowest BCUT2D eigenvalue weighted by molar-refractivity contribution is 0.391. The summed E-state index contributed by atoms with van der Waals surface area (Å²) in [6, 6.07) is 0. The average Bonchev–Trinajstić information content (AvgIpc) is 2.29. The minimum absolute atomic E-state index is 0. The van der Waals surface area contributed by atoms with Crippen molar-refractivity contribution in [1.29, 1.82) is 0 Å². The summed E-state index contributed by atoms with van der Waals surface area (Å²) in [4.78, 5) is 1.13. The summed E-state index contributed by atoms with van der Waals surface area (Å²) in [5, 5.41) is 3.83. The summed E-state index contributed by atoms with van der Waals surface area (Å²) in [6.45, 7) is 4.54. The van der Waals surface area contributed by atoms with Gasteiger partial charge in [0.15, 0.2) is 0 Å². The minimum Gasteiger partial charge on any atom is -0.360 e. The van der Waals surface area contributed by atoms with Crippen molar-refractivity contribution >= 4 is 24.2 Å². The van der Waals surface area contributed by atoms with Crippen LogP contribution in [0.4, 0.5) is 0 Å². The van der Waals surface area contributed by atoms with E-state index in [-0.39, 0.29) is 12.4 Å². The Bertz CT molecular complexity index is 220. The third kappa shape index (κ3) is 2.69. The summed E-state index contributed by atoms with van der Waals surface area (Å²) < 4.78 is 4.98. The minimum atomic E-state index is 0. The topological polar surface area (TPSA) is 52.0 Å². The highest BCUT2D eigenvalue weighted by Gasteiger charge is 2.07. The lowest BCUT2D eigenvalue weighted by Gasteiger charge is -1.95. The first-order chi connectivity index (χ1) is 5.25. The molecule has 0 unspecified atom stereocenters. The molecule has 12 heavy (non-hydrogen) atoms. The number of hydrogen-bond donors (Lipinski definition) is 1. The molecule has 1 aromatic heterocycles. The highest BCUT2D eigenvalue weighted by atomic mass is 35.5. The highest BCUT2D eigenvalue weighted by Crippen LogP contribution is 2.24. The fourth-order valence-electron chi connectivity index (χ4n) is 0.842. The van der Waals surface area contributed by atoms with Crippen LogP contribution in [0, 0.1) is 13.8 Å². The SMILES string of the molecule is Cc1noc(C)c1SCCN.Cl. The van der Waals surface area contributed by atoms with E-state index in [0.29, 0.717) is 6.54 Å². The number of thioether (sulfide) groups is 1. The molecule has 70 valence electrons. The Morgan fingerprint density at radius 2 is 2.17 bits per heavy atom. The van der Waals surface area contributed by atoms with Crippen LogP contribution in [0.2, 0.25) is 0 Å². The Hall–Kier alpha value is -0.190. The van der Waals surface area contributed by atoms with Crippen molar-refractivity contribution in [2.45, 2.75) is 18.7 Å². The molecule has 0 aliphatic rings. The van der Waals surface area contributed by atoms with Crippen LogP contribution in [0.5, 0.6) is 0 Å². The fraction of sp³-hybridized carbons (Fsp3) is 0.571. The normalized spacial score (nSPS) is 9.58. The summed E-state index contributed by atoms with van der Waals surface area (Å²) >= 11 is 1.70. The molecule has 0 radical (unpaired) electrons. The van der Waals surface area contributed by atoms with Gasteiger partial charge in [0.2, 0.25) is 0 Å². The van der Waals surface area contributed by atoms with Gasteiger partial charge in [-0.2, -0.15) is 0 Å². The molecule has 0 bridgehead atoms. The zero-order chi connectivity index (χ0) is 8.27. The predicted molar refractivity (Wildman–Crippen MR) is 53.0 cm³/mol. The first kappa shape index (κ1) is 11.8. The van der Waals surface area contributed by atoms with Crippen molar-refractivity contribution in [3.8, 4) is 0 Å². The third-order valence-electron chi connectivity index (χ3n) is 1.33. The number of aryl methyl sites for hydroxylation is 2. The Kier molecular flexibility index (Phi) is 5.37. The molecular formula is C7H13ClN2OS. The van der Waals surface area contributed by atoms with Crippen molar-refractivity contribution in [2.75, 3.05) is 12.3 Å². The van der Waals surface area contributed by atoms with Gasteiger partial charge >= 0.3 is 0 Å². The van der Waals surface area contributed by atoms with Crippen molar-refractivity contribution < 1.29 is 4.52 Å². The summed E-state index contributed by atoms with van der Waals surface area (Å²) in [5.41, 5.74) is 6.33. The van der Waals surface area contributed by atoms with Gasteiger partial charge in [-0.1, -0.05) is 5.16 Å². The standard InChI is InChI=1S/C7H12N2OS.ClH/c1-5-7(11-4-3-8)6(2)10-9-5;/h3-4,8H2,1-2H3;1H. The van der Waals surface area contributed by atoms with E-state index in [0.717, 1.165) is 22.1 Å². The van der Waals surface area contributed by atoms with Crippen LogP contribution in [0.1, 0.15) is 11.5 Å². The van der Waals surface area contributed by atoms with Crippen LogP contribution >= 0.6 is 24.2 Å². The molecule has 1 aromatic rings. The van der Waals surface area contributed by atoms with Gasteiger partial charge < -0.3 is 10.3 Å². The number of nitrogens with two attached hydrogens (primary N) is 1. The van der Waals surface area contributed by atoms with Crippen LogP contribution in [0.25, 0.3) is 0 Å². The number of aromatic nitrogens is 1. The molecule has 1 heterocycles. The van der Waals surface area contributed by atoms with Crippen molar-refractivity contribution in [3.63, 3.8) is 0 Å². The van der Waals surface area contributed by atoms with Crippen LogP contribution in [0.15, 0.2) is 9.42 Å². The Balaban J connectivity index is 0.00000121.